The normalized spacial score (nSPS) is 12.4. The molecule has 10 heteroatoms. The number of hydrogen-bond acceptors (Lipinski definition) is 6. The maximum atomic E-state index is 12.9. The number of non-ortho nitro benzene ring substituents is 1. The number of nitrogens with zero attached hydrogens (tertiary/aromatic N) is 4. The standard InChI is InChI=1S/C24H19N5O5/c1-14-15(2)27(12-16-6-4-3-5-7-16)22(20(14)11-25)26-21(30)13-28-23(31)18-9-8-17(29(33)34)10-19(18)24(28)32/h3-10H,12-13H2,1-2H3,(H,26,30). The molecule has 4 rings (SSSR count). The van der Waals surface area contributed by atoms with E-state index in [-0.39, 0.29) is 22.6 Å². The van der Waals surface area contributed by atoms with Crippen LogP contribution < -0.4 is 5.32 Å². The van der Waals surface area contributed by atoms with Gasteiger partial charge in [0.15, 0.2) is 0 Å². The van der Waals surface area contributed by atoms with E-state index in [1.807, 2.05) is 37.3 Å². The van der Waals surface area contributed by atoms with Crippen LogP contribution in [-0.4, -0.2) is 38.7 Å². The summed E-state index contributed by atoms with van der Waals surface area (Å²) < 4.78 is 1.80. The fourth-order valence-corrected chi connectivity index (χ4v) is 3.95. The van der Waals surface area contributed by atoms with Crippen LogP contribution in [-0.2, 0) is 11.3 Å². The molecule has 1 aromatic heterocycles. The van der Waals surface area contributed by atoms with Gasteiger partial charge in [0, 0.05) is 24.4 Å². The largest absolute Gasteiger partial charge is 0.326 e. The van der Waals surface area contributed by atoms with Crippen molar-refractivity contribution in [2.45, 2.75) is 20.4 Å². The Morgan fingerprint density at radius 1 is 1.09 bits per heavy atom. The molecule has 1 aliphatic rings. The first-order chi connectivity index (χ1) is 16.2. The zero-order valence-corrected chi connectivity index (χ0v) is 18.4. The first-order valence-corrected chi connectivity index (χ1v) is 10.3. The minimum atomic E-state index is -0.786. The number of anilines is 1. The number of carbonyl (C=O) groups is 3. The Morgan fingerprint density at radius 3 is 2.41 bits per heavy atom. The van der Waals surface area contributed by atoms with Crippen LogP contribution in [0.2, 0.25) is 0 Å². The fraction of sp³-hybridized carbons (Fsp3) is 0.167. The maximum Gasteiger partial charge on any atom is 0.270 e. The van der Waals surface area contributed by atoms with Crippen LogP contribution in [0.4, 0.5) is 11.5 Å². The second-order valence-electron chi connectivity index (χ2n) is 7.85. The molecule has 0 spiro atoms. The molecule has 0 bridgehead atoms. The highest BCUT2D eigenvalue weighted by Gasteiger charge is 2.38. The van der Waals surface area contributed by atoms with E-state index in [4.69, 9.17) is 0 Å². The highest BCUT2D eigenvalue weighted by Crippen LogP contribution is 2.29. The SMILES string of the molecule is Cc1c(C#N)c(NC(=O)CN2C(=O)c3ccc([N+](=O)[O-])cc3C2=O)n(Cc2ccccc2)c1C. The van der Waals surface area contributed by atoms with Crippen LogP contribution in [0.1, 0.15) is 43.1 Å². The van der Waals surface area contributed by atoms with Crippen molar-refractivity contribution in [1.29, 1.82) is 5.26 Å². The van der Waals surface area contributed by atoms with Gasteiger partial charge in [0.25, 0.3) is 17.5 Å². The van der Waals surface area contributed by atoms with Crippen molar-refractivity contribution in [2.24, 2.45) is 0 Å². The average molecular weight is 457 g/mol. The molecular weight excluding hydrogens is 438 g/mol. The first-order valence-electron chi connectivity index (χ1n) is 10.3. The summed E-state index contributed by atoms with van der Waals surface area (Å²) in [6, 6.07) is 15.0. The molecule has 1 aliphatic heterocycles. The van der Waals surface area contributed by atoms with Gasteiger partial charge in [0.1, 0.15) is 18.4 Å². The quantitative estimate of drug-likeness (QED) is 0.343. The fourth-order valence-electron chi connectivity index (χ4n) is 3.95. The number of aromatic nitrogens is 1. The number of benzene rings is 2. The lowest BCUT2D eigenvalue weighted by molar-refractivity contribution is -0.384. The van der Waals surface area contributed by atoms with E-state index in [1.54, 1.807) is 11.5 Å². The molecule has 0 aliphatic carbocycles. The number of hydrogen-bond donors (Lipinski definition) is 1. The Kier molecular flexibility index (Phi) is 5.69. The second-order valence-corrected chi connectivity index (χ2v) is 7.85. The number of nitro benzene ring substituents is 1. The zero-order valence-electron chi connectivity index (χ0n) is 18.4. The molecule has 0 atom stereocenters. The topological polar surface area (TPSA) is 138 Å². The van der Waals surface area contributed by atoms with E-state index in [1.165, 1.54) is 6.07 Å². The van der Waals surface area contributed by atoms with Gasteiger partial charge < -0.3 is 9.88 Å². The summed E-state index contributed by atoms with van der Waals surface area (Å²) >= 11 is 0. The highest BCUT2D eigenvalue weighted by atomic mass is 16.6. The van der Waals surface area contributed by atoms with Gasteiger partial charge in [-0.15, -0.1) is 0 Å². The van der Waals surface area contributed by atoms with Crippen molar-refractivity contribution < 1.29 is 19.3 Å². The van der Waals surface area contributed by atoms with Crippen molar-refractivity contribution in [3.05, 3.63) is 92.2 Å². The van der Waals surface area contributed by atoms with E-state index in [2.05, 4.69) is 11.4 Å². The molecule has 0 unspecified atom stereocenters. The average Bonchev–Trinajstić information content (AvgIpc) is 3.19. The molecule has 1 N–H and O–H groups in total. The summed E-state index contributed by atoms with van der Waals surface area (Å²) in [4.78, 5) is 49.3. The van der Waals surface area contributed by atoms with Gasteiger partial charge in [-0.05, 0) is 31.0 Å². The van der Waals surface area contributed by atoms with Crippen molar-refractivity contribution in [3.8, 4) is 6.07 Å². The van der Waals surface area contributed by atoms with Crippen molar-refractivity contribution in [2.75, 3.05) is 11.9 Å². The zero-order chi connectivity index (χ0) is 24.6. The molecule has 0 saturated carbocycles. The Balaban J connectivity index is 1.59. The number of nitriles is 1. The third kappa shape index (κ3) is 3.80. The molecule has 3 aromatic rings. The van der Waals surface area contributed by atoms with E-state index in [0.29, 0.717) is 17.7 Å². The second kappa shape index (κ2) is 8.63. The summed E-state index contributed by atoms with van der Waals surface area (Å²) in [6.45, 7) is 3.43. The molecule has 34 heavy (non-hydrogen) atoms. The summed E-state index contributed by atoms with van der Waals surface area (Å²) in [5.41, 5.74) is 2.31. The van der Waals surface area contributed by atoms with Crippen molar-refractivity contribution in [3.63, 3.8) is 0 Å². The van der Waals surface area contributed by atoms with Gasteiger partial charge in [-0.2, -0.15) is 5.26 Å². The molecule has 0 fully saturated rings. The molecule has 0 radical (unpaired) electrons. The van der Waals surface area contributed by atoms with Gasteiger partial charge >= 0.3 is 0 Å². The predicted molar refractivity (Wildman–Crippen MR) is 121 cm³/mol. The lowest BCUT2D eigenvalue weighted by Crippen LogP contribution is -2.37. The van der Waals surface area contributed by atoms with E-state index in [9.17, 15) is 29.8 Å². The molecule has 2 heterocycles. The van der Waals surface area contributed by atoms with Crippen molar-refractivity contribution in [1.82, 2.24) is 9.47 Å². The van der Waals surface area contributed by atoms with Gasteiger partial charge in [-0.3, -0.25) is 29.4 Å². The summed E-state index contributed by atoms with van der Waals surface area (Å²) in [5.74, 6) is -1.89. The highest BCUT2D eigenvalue weighted by molar-refractivity contribution is 6.23. The van der Waals surface area contributed by atoms with Crippen LogP contribution in [0.25, 0.3) is 0 Å². The van der Waals surface area contributed by atoms with Gasteiger partial charge in [0.05, 0.1) is 21.6 Å². The maximum absolute atomic E-state index is 12.9. The third-order valence-corrected chi connectivity index (χ3v) is 5.85. The Bertz CT molecular complexity index is 1400. The van der Waals surface area contributed by atoms with Crippen LogP contribution in [0.5, 0.6) is 0 Å². The van der Waals surface area contributed by atoms with Crippen LogP contribution >= 0.6 is 0 Å². The van der Waals surface area contributed by atoms with Gasteiger partial charge in [-0.25, -0.2) is 0 Å². The Morgan fingerprint density at radius 2 is 1.76 bits per heavy atom. The number of imide groups is 1. The Labute approximate surface area is 194 Å². The molecule has 3 amide bonds. The monoisotopic (exact) mass is 457 g/mol. The molecule has 2 aromatic carbocycles. The van der Waals surface area contributed by atoms with Crippen molar-refractivity contribution >= 4 is 29.2 Å². The predicted octanol–water partition coefficient (Wildman–Crippen LogP) is 3.17. The van der Waals surface area contributed by atoms with E-state index in [0.717, 1.165) is 28.3 Å². The smallest absolute Gasteiger partial charge is 0.270 e. The number of amides is 3. The number of carbonyl (C=O) groups excluding carboxylic acids is 3. The number of rotatable bonds is 6. The number of nitro groups is 1. The van der Waals surface area contributed by atoms with Gasteiger partial charge in [-0.1, -0.05) is 30.3 Å². The van der Waals surface area contributed by atoms with Gasteiger partial charge in [0.2, 0.25) is 5.91 Å². The lowest BCUT2D eigenvalue weighted by Gasteiger charge is -2.16. The van der Waals surface area contributed by atoms with E-state index < -0.39 is 29.2 Å². The van der Waals surface area contributed by atoms with E-state index >= 15 is 0 Å². The molecule has 0 saturated heterocycles. The Hall–Kier alpha value is -4.78. The van der Waals surface area contributed by atoms with Crippen LogP contribution in [0.15, 0.2) is 48.5 Å². The number of fused-ring (bicyclic) bond motifs is 1. The molecular formula is C24H19N5O5. The summed E-state index contributed by atoms with van der Waals surface area (Å²) in [5, 5.41) is 23.4. The van der Waals surface area contributed by atoms with Crippen LogP contribution in [0, 0.1) is 35.3 Å². The van der Waals surface area contributed by atoms with Crippen LogP contribution in [0.3, 0.4) is 0 Å². The lowest BCUT2D eigenvalue weighted by atomic mass is 10.1. The number of nitrogens with one attached hydrogen (secondary N) is 1. The minimum Gasteiger partial charge on any atom is -0.326 e. The molecule has 10 nitrogen and oxygen atoms in total. The third-order valence-electron chi connectivity index (χ3n) is 5.85. The first kappa shape index (κ1) is 22.4. The summed E-state index contributed by atoms with van der Waals surface area (Å²) in [7, 11) is 0. The minimum absolute atomic E-state index is 0.000237. The summed E-state index contributed by atoms with van der Waals surface area (Å²) in [6.07, 6.45) is 0. The molecule has 170 valence electrons.